The summed E-state index contributed by atoms with van der Waals surface area (Å²) in [5.74, 6) is -0.147. The number of hydrogen-bond acceptors (Lipinski definition) is 4. The van der Waals surface area contributed by atoms with Crippen LogP contribution in [0.15, 0.2) is 18.2 Å². The van der Waals surface area contributed by atoms with Gasteiger partial charge < -0.3 is 9.80 Å². The van der Waals surface area contributed by atoms with Gasteiger partial charge >= 0.3 is 0 Å². The van der Waals surface area contributed by atoms with Crippen LogP contribution in [0.25, 0.3) is 0 Å². The number of anilines is 1. The molecule has 0 bridgehead atoms. The van der Waals surface area contributed by atoms with Gasteiger partial charge in [0.05, 0.1) is 5.25 Å². The molecule has 2 rings (SSSR count). The monoisotopic (exact) mass is 324 g/mol. The van der Waals surface area contributed by atoms with Crippen LogP contribution < -0.4 is 4.90 Å². The highest BCUT2D eigenvalue weighted by atomic mass is 32.2. The zero-order chi connectivity index (χ0) is 16.7. The summed E-state index contributed by atoms with van der Waals surface area (Å²) in [5.41, 5.74) is 2.94. The summed E-state index contributed by atoms with van der Waals surface area (Å²) < 4.78 is 23.4. The summed E-state index contributed by atoms with van der Waals surface area (Å²) in [5, 5.41) is -0.599. The zero-order valence-corrected chi connectivity index (χ0v) is 14.6. The number of likely N-dealkylation sites (N-methyl/N-ethyl adjacent to an activating group) is 1. The number of amides is 1. The van der Waals surface area contributed by atoms with Crippen LogP contribution in [0.2, 0.25) is 0 Å². The van der Waals surface area contributed by atoms with Crippen LogP contribution in [0.5, 0.6) is 0 Å². The van der Waals surface area contributed by atoms with E-state index < -0.39 is 15.1 Å². The van der Waals surface area contributed by atoms with Gasteiger partial charge in [0.2, 0.25) is 0 Å². The lowest BCUT2D eigenvalue weighted by Gasteiger charge is -2.29. The summed E-state index contributed by atoms with van der Waals surface area (Å²) in [6, 6.07) is 5.34. The molecule has 0 fully saturated rings. The number of carbonyl (C=O) groups is 1. The Labute approximate surface area is 132 Å². The topological polar surface area (TPSA) is 57.7 Å². The van der Waals surface area contributed by atoms with Crippen molar-refractivity contribution in [1.82, 2.24) is 4.90 Å². The van der Waals surface area contributed by atoms with Crippen LogP contribution in [0.4, 0.5) is 5.69 Å². The molecule has 122 valence electrons. The molecule has 2 atom stereocenters. The Morgan fingerprint density at radius 2 is 1.95 bits per heavy atom. The molecule has 5 nitrogen and oxygen atoms in total. The highest BCUT2D eigenvalue weighted by molar-refractivity contribution is 7.91. The van der Waals surface area contributed by atoms with E-state index in [0.717, 1.165) is 18.7 Å². The summed E-state index contributed by atoms with van der Waals surface area (Å²) in [4.78, 5) is 16.3. The molecule has 0 aromatic heterocycles. The first-order valence-electron chi connectivity index (χ1n) is 7.43. The van der Waals surface area contributed by atoms with Crippen molar-refractivity contribution in [3.8, 4) is 0 Å². The van der Waals surface area contributed by atoms with E-state index in [0.29, 0.717) is 5.56 Å². The Morgan fingerprint density at radius 1 is 1.32 bits per heavy atom. The molecule has 0 unspecified atom stereocenters. The Bertz CT molecular complexity index is 685. The highest BCUT2D eigenvalue weighted by Crippen LogP contribution is 2.28. The van der Waals surface area contributed by atoms with Gasteiger partial charge in [0, 0.05) is 44.2 Å². The van der Waals surface area contributed by atoms with Crippen molar-refractivity contribution in [2.75, 3.05) is 31.8 Å². The number of sulfone groups is 1. The lowest BCUT2D eigenvalue weighted by molar-refractivity contribution is 0.0743. The fourth-order valence-electron chi connectivity index (χ4n) is 2.73. The van der Waals surface area contributed by atoms with Gasteiger partial charge in [0.25, 0.3) is 5.91 Å². The molecule has 1 heterocycles. The maximum absolute atomic E-state index is 12.6. The van der Waals surface area contributed by atoms with Gasteiger partial charge in [-0.2, -0.15) is 0 Å². The van der Waals surface area contributed by atoms with Crippen molar-refractivity contribution >= 4 is 21.4 Å². The van der Waals surface area contributed by atoms with E-state index in [1.807, 2.05) is 25.2 Å². The number of carbonyl (C=O) groups excluding carboxylic acids is 1. The molecular formula is C16H24N2O3S. The van der Waals surface area contributed by atoms with E-state index in [1.54, 1.807) is 20.9 Å². The van der Waals surface area contributed by atoms with Gasteiger partial charge in [-0.05, 0) is 38.0 Å². The molecule has 0 saturated heterocycles. The van der Waals surface area contributed by atoms with Crippen molar-refractivity contribution in [3.63, 3.8) is 0 Å². The Kier molecular flexibility index (Phi) is 4.52. The van der Waals surface area contributed by atoms with Crippen LogP contribution in [0.1, 0.15) is 29.8 Å². The normalized spacial score (nSPS) is 17.0. The minimum Gasteiger partial charge on any atom is -0.374 e. The standard InChI is InChI=1S/C16H24N2O3S/c1-11(12(2)22(5,20)21)18(4)16(19)14-7-6-13-8-9-17(3)15(13)10-14/h6-7,10-12H,8-9H2,1-5H3/t11-,12+/m0/s1. The second-order valence-electron chi connectivity index (χ2n) is 6.21. The van der Waals surface area contributed by atoms with E-state index >= 15 is 0 Å². The molecule has 22 heavy (non-hydrogen) atoms. The first kappa shape index (κ1) is 16.8. The van der Waals surface area contributed by atoms with Crippen molar-refractivity contribution < 1.29 is 13.2 Å². The van der Waals surface area contributed by atoms with Crippen LogP contribution >= 0.6 is 0 Å². The minimum atomic E-state index is -3.18. The molecular weight excluding hydrogens is 300 g/mol. The number of rotatable bonds is 4. The molecule has 0 saturated carbocycles. The lowest BCUT2D eigenvalue weighted by Crippen LogP contribution is -2.44. The predicted molar refractivity (Wildman–Crippen MR) is 89.3 cm³/mol. The molecule has 0 spiro atoms. The molecule has 1 aliphatic rings. The minimum absolute atomic E-state index is 0.147. The third-order valence-corrected chi connectivity index (χ3v) is 6.49. The van der Waals surface area contributed by atoms with Crippen molar-refractivity contribution in [2.45, 2.75) is 31.6 Å². The van der Waals surface area contributed by atoms with Crippen molar-refractivity contribution in [1.29, 1.82) is 0 Å². The first-order chi connectivity index (χ1) is 10.1. The molecule has 0 N–H and O–H groups in total. The number of nitrogens with zero attached hydrogens (tertiary/aromatic N) is 2. The highest BCUT2D eigenvalue weighted by Gasteiger charge is 2.29. The van der Waals surface area contributed by atoms with Gasteiger partial charge in [-0.1, -0.05) is 6.07 Å². The fourth-order valence-corrected chi connectivity index (χ4v) is 3.63. The van der Waals surface area contributed by atoms with Gasteiger partial charge in [-0.3, -0.25) is 4.79 Å². The largest absolute Gasteiger partial charge is 0.374 e. The van der Waals surface area contributed by atoms with Crippen molar-refractivity contribution in [3.05, 3.63) is 29.3 Å². The van der Waals surface area contributed by atoms with Crippen LogP contribution in [-0.4, -0.2) is 57.4 Å². The van der Waals surface area contributed by atoms with E-state index in [2.05, 4.69) is 4.90 Å². The molecule has 1 amide bonds. The second-order valence-corrected chi connectivity index (χ2v) is 8.61. The average molecular weight is 324 g/mol. The summed E-state index contributed by atoms with van der Waals surface area (Å²) in [7, 11) is 0.487. The summed E-state index contributed by atoms with van der Waals surface area (Å²) >= 11 is 0. The molecule has 1 aliphatic heterocycles. The number of hydrogen-bond donors (Lipinski definition) is 0. The van der Waals surface area contributed by atoms with Crippen LogP contribution in [0, 0.1) is 0 Å². The van der Waals surface area contributed by atoms with E-state index in [1.165, 1.54) is 16.7 Å². The van der Waals surface area contributed by atoms with Gasteiger partial charge in [-0.25, -0.2) is 8.42 Å². The molecule has 0 aliphatic carbocycles. The van der Waals surface area contributed by atoms with Gasteiger partial charge in [0.15, 0.2) is 9.84 Å². The second kappa shape index (κ2) is 5.91. The summed E-state index contributed by atoms with van der Waals surface area (Å²) in [6.45, 7) is 4.37. The van der Waals surface area contributed by atoms with Crippen LogP contribution in [0.3, 0.4) is 0 Å². The Morgan fingerprint density at radius 3 is 2.55 bits per heavy atom. The number of fused-ring (bicyclic) bond motifs is 1. The average Bonchev–Trinajstić information content (AvgIpc) is 2.84. The predicted octanol–water partition coefficient (Wildman–Crippen LogP) is 1.57. The fraction of sp³-hybridized carbons (Fsp3) is 0.562. The van der Waals surface area contributed by atoms with E-state index in [4.69, 9.17) is 0 Å². The molecule has 0 radical (unpaired) electrons. The third-order valence-electron chi connectivity index (χ3n) is 4.75. The maximum Gasteiger partial charge on any atom is 0.253 e. The van der Waals surface area contributed by atoms with Crippen molar-refractivity contribution in [2.24, 2.45) is 0 Å². The summed E-state index contributed by atoms with van der Waals surface area (Å²) in [6.07, 6.45) is 2.20. The first-order valence-corrected chi connectivity index (χ1v) is 9.38. The zero-order valence-electron chi connectivity index (χ0n) is 13.8. The van der Waals surface area contributed by atoms with Gasteiger partial charge in [-0.15, -0.1) is 0 Å². The molecule has 1 aromatic rings. The molecule has 6 heteroatoms. The van der Waals surface area contributed by atoms with Gasteiger partial charge in [0.1, 0.15) is 0 Å². The Balaban J connectivity index is 2.23. The smallest absolute Gasteiger partial charge is 0.253 e. The third kappa shape index (κ3) is 3.11. The maximum atomic E-state index is 12.6. The number of benzene rings is 1. The van der Waals surface area contributed by atoms with E-state index in [-0.39, 0.29) is 11.9 Å². The lowest BCUT2D eigenvalue weighted by atomic mass is 10.1. The molecule has 1 aromatic carbocycles. The quantitative estimate of drug-likeness (QED) is 0.844. The Hall–Kier alpha value is -1.56. The SMILES string of the molecule is C[C@H]([C@H](C)N(C)C(=O)c1ccc2c(c1)N(C)CC2)S(C)(=O)=O. The van der Waals surface area contributed by atoms with E-state index in [9.17, 15) is 13.2 Å². The van der Waals surface area contributed by atoms with Crippen LogP contribution in [-0.2, 0) is 16.3 Å².